The Morgan fingerprint density at radius 3 is 2.52 bits per heavy atom. The van der Waals surface area contributed by atoms with Gasteiger partial charge in [-0.15, -0.1) is 10.2 Å². The minimum Gasteiger partial charge on any atom is -0.379 e. The van der Waals surface area contributed by atoms with Crippen molar-refractivity contribution < 1.29 is 12.6 Å². The van der Waals surface area contributed by atoms with E-state index in [0.717, 1.165) is 6.26 Å². The summed E-state index contributed by atoms with van der Waals surface area (Å²) in [6, 6.07) is 1.59. The zero-order valence-corrected chi connectivity index (χ0v) is 16.2. The molecule has 0 fully saturated rings. The van der Waals surface area contributed by atoms with Crippen molar-refractivity contribution in [3.8, 4) is 5.75 Å². The highest BCUT2D eigenvalue weighted by molar-refractivity contribution is 7.86. The first-order valence-corrected chi connectivity index (χ1v) is 9.83. The highest BCUT2D eigenvalue weighted by atomic mass is 35.5. The van der Waals surface area contributed by atoms with Gasteiger partial charge in [-0.2, -0.15) is 8.42 Å². The molecule has 2 aromatic heterocycles. The Morgan fingerprint density at radius 2 is 1.96 bits per heavy atom. The molecule has 0 radical (unpaired) electrons. The van der Waals surface area contributed by atoms with E-state index in [2.05, 4.69) is 15.2 Å². The Balaban J connectivity index is 2.56. The Kier molecular flexibility index (Phi) is 4.42. The summed E-state index contributed by atoms with van der Waals surface area (Å²) in [4.78, 5) is 6.25. The second-order valence-corrected chi connectivity index (χ2v) is 7.98. The molecule has 0 unspecified atom stereocenters. The summed E-state index contributed by atoms with van der Waals surface area (Å²) in [6.07, 6.45) is 1.54. The van der Waals surface area contributed by atoms with Gasteiger partial charge in [0.1, 0.15) is 16.4 Å². The molecular weight excluding hydrogens is 389 g/mol. The molecule has 134 valence electrons. The summed E-state index contributed by atoms with van der Waals surface area (Å²) >= 11 is 12.4. The predicted octanol–water partition coefficient (Wildman–Crippen LogP) is 2.55. The molecule has 0 aliphatic heterocycles. The fraction of sp³-hybridized carbons (Fsp3) is 0.357. The number of benzene rings is 1. The molecule has 0 N–H and O–H groups in total. The van der Waals surface area contributed by atoms with Crippen molar-refractivity contribution in [2.24, 2.45) is 0 Å². The van der Waals surface area contributed by atoms with E-state index in [1.165, 1.54) is 0 Å². The van der Waals surface area contributed by atoms with Gasteiger partial charge in [0.25, 0.3) is 0 Å². The van der Waals surface area contributed by atoms with Gasteiger partial charge in [-0.3, -0.25) is 4.40 Å². The van der Waals surface area contributed by atoms with Gasteiger partial charge < -0.3 is 9.08 Å². The highest BCUT2D eigenvalue weighted by Gasteiger charge is 2.23. The lowest BCUT2D eigenvalue weighted by molar-refractivity contribution is 0.495. The van der Waals surface area contributed by atoms with E-state index in [1.54, 1.807) is 29.5 Å². The first kappa shape index (κ1) is 18.0. The van der Waals surface area contributed by atoms with Crippen molar-refractivity contribution in [2.45, 2.75) is 13.3 Å². The number of fused-ring (bicyclic) bond motifs is 3. The van der Waals surface area contributed by atoms with Crippen LogP contribution in [-0.2, 0) is 16.5 Å². The van der Waals surface area contributed by atoms with Crippen LogP contribution in [0.4, 0.5) is 5.82 Å². The van der Waals surface area contributed by atoms with Crippen molar-refractivity contribution in [1.29, 1.82) is 0 Å². The molecular formula is C14H15Cl2N5O3S. The lowest BCUT2D eigenvalue weighted by Gasteiger charge is -2.16. The number of halogens is 2. The molecule has 3 aromatic rings. The van der Waals surface area contributed by atoms with Gasteiger partial charge in [-0.25, -0.2) is 4.98 Å². The first-order chi connectivity index (χ1) is 11.6. The summed E-state index contributed by atoms with van der Waals surface area (Å²) in [5, 5.41) is 8.48. The fourth-order valence-electron chi connectivity index (χ4n) is 2.49. The van der Waals surface area contributed by atoms with Gasteiger partial charge in [0, 0.05) is 20.5 Å². The molecule has 8 nitrogen and oxygen atoms in total. The van der Waals surface area contributed by atoms with E-state index < -0.39 is 10.1 Å². The highest BCUT2D eigenvalue weighted by Crippen LogP contribution is 2.40. The van der Waals surface area contributed by atoms with Gasteiger partial charge in [0.2, 0.25) is 5.65 Å². The van der Waals surface area contributed by atoms with Crippen molar-refractivity contribution in [1.82, 2.24) is 19.6 Å². The number of nitrogens with zero attached hydrogens (tertiary/aromatic N) is 5. The van der Waals surface area contributed by atoms with Crippen LogP contribution in [0.2, 0.25) is 10.0 Å². The number of anilines is 1. The standard InChI is InChI=1S/C14H15Cl2N5O3S/c1-5-9-18-19-14-13(20(2)3)17-11-8(21(9)14)6-7(15)10(16)12(11)24-25(4,22)23/h6H,5H2,1-4H3. The van der Waals surface area contributed by atoms with Crippen molar-refractivity contribution >= 4 is 55.8 Å². The molecule has 0 amide bonds. The second-order valence-electron chi connectivity index (χ2n) is 5.62. The zero-order chi connectivity index (χ0) is 18.5. The maximum absolute atomic E-state index is 11.7. The van der Waals surface area contributed by atoms with Gasteiger partial charge in [0.15, 0.2) is 11.6 Å². The Hall–Kier alpha value is -1.84. The monoisotopic (exact) mass is 403 g/mol. The van der Waals surface area contributed by atoms with Gasteiger partial charge in [-0.1, -0.05) is 30.1 Å². The third-order valence-corrected chi connectivity index (χ3v) is 4.73. The molecule has 0 aliphatic carbocycles. The SMILES string of the molecule is CCc1nnc2c(N(C)C)nc3c(OS(C)(=O)=O)c(Cl)c(Cl)cc3n12. The normalized spacial score (nSPS) is 12.1. The van der Waals surface area contributed by atoms with Gasteiger partial charge in [-0.05, 0) is 6.07 Å². The molecule has 1 aromatic carbocycles. The molecule has 0 bridgehead atoms. The summed E-state index contributed by atoms with van der Waals surface area (Å²) in [6.45, 7) is 1.93. The van der Waals surface area contributed by atoms with Crippen molar-refractivity contribution in [3.63, 3.8) is 0 Å². The smallest absolute Gasteiger partial charge is 0.306 e. The van der Waals surface area contributed by atoms with Crippen LogP contribution in [0.1, 0.15) is 12.7 Å². The molecule has 0 saturated heterocycles. The third kappa shape index (κ3) is 3.07. The number of hydrogen-bond donors (Lipinski definition) is 0. The lowest BCUT2D eigenvalue weighted by Crippen LogP contribution is -2.14. The van der Waals surface area contributed by atoms with E-state index in [9.17, 15) is 8.42 Å². The number of aromatic nitrogens is 4. The largest absolute Gasteiger partial charge is 0.379 e. The van der Waals surface area contributed by atoms with E-state index in [4.69, 9.17) is 27.4 Å². The van der Waals surface area contributed by atoms with Crippen LogP contribution in [0.25, 0.3) is 16.7 Å². The minimum absolute atomic E-state index is 0.0257. The van der Waals surface area contributed by atoms with Crippen LogP contribution in [0, 0.1) is 0 Å². The van der Waals surface area contributed by atoms with Crippen LogP contribution < -0.4 is 9.08 Å². The third-order valence-electron chi connectivity index (χ3n) is 3.49. The summed E-state index contributed by atoms with van der Waals surface area (Å²) in [5.74, 6) is 1.05. The van der Waals surface area contributed by atoms with Crippen LogP contribution in [-0.4, -0.2) is 48.4 Å². The fourth-order valence-corrected chi connectivity index (χ4v) is 3.37. The van der Waals surface area contributed by atoms with Crippen molar-refractivity contribution in [2.75, 3.05) is 25.3 Å². The summed E-state index contributed by atoms with van der Waals surface area (Å²) in [5.41, 5.74) is 1.29. The summed E-state index contributed by atoms with van der Waals surface area (Å²) in [7, 11) is -0.244. The number of aryl methyl sites for hydroxylation is 1. The topological polar surface area (TPSA) is 89.7 Å². The average molecular weight is 404 g/mol. The van der Waals surface area contributed by atoms with Crippen molar-refractivity contribution in [3.05, 3.63) is 21.9 Å². The minimum atomic E-state index is -3.83. The number of hydrogen-bond acceptors (Lipinski definition) is 7. The second kappa shape index (κ2) is 6.15. The number of rotatable bonds is 4. The molecule has 0 atom stereocenters. The molecule has 0 saturated carbocycles. The van der Waals surface area contributed by atoms with E-state index in [1.807, 2.05) is 6.92 Å². The van der Waals surface area contributed by atoms with Crippen LogP contribution in [0.5, 0.6) is 5.75 Å². The maximum Gasteiger partial charge on any atom is 0.306 e. The molecule has 11 heteroatoms. The quantitative estimate of drug-likeness (QED) is 0.618. The predicted molar refractivity (Wildman–Crippen MR) is 97.5 cm³/mol. The van der Waals surface area contributed by atoms with Crippen LogP contribution >= 0.6 is 23.2 Å². The molecule has 3 rings (SSSR count). The first-order valence-electron chi connectivity index (χ1n) is 7.26. The van der Waals surface area contributed by atoms with E-state index in [0.29, 0.717) is 29.2 Å². The average Bonchev–Trinajstić information content (AvgIpc) is 2.94. The molecule has 2 heterocycles. The van der Waals surface area contributed by atoms with Crippen LogP contribution in [0.3, 0.4) is 0 Å². The maximum atomic E-state index is 11.7. The van der Waals surface area contributed by atoms with Crippen LogP contribution in [0.15, 0.2) is 6.07 Å². The summed E-state index contributed by atoms with van der Waals surface area (Å²) < 4.78 is 30.2. The van der Waals surface area contributed by atoms with E-state index in [-0.39, 0.29) is 21.3 Å². The lowest BCUT2D eigenvalue weighted by atomic mass is 10.2. The Labute approximate surface area is 154 Å². The molecule has 0 aliphatic rings. The Morgan fingerprint density at radius 1 is 1.28 bits per heavy atom. The van der Waals surface area contributed by atoms with E-state index >= 15 is 0 Å². The van der Waals surface area contributed by atoms with Gasteiger partial charge in [0.05, 0.1) is 16.8 Å². The molecule has 25 heavy (non-hydrogen) atoms. The Bertz CT molecular complexity index is 1100. The van der Waals surface area contributed by atoms with Gasteiger partial charge >= 0.3 is 10.1 Å². The zero-order valence-electron chi connectivity index (χ0n) is 13.9. The molecule has 0 spiro atoms.